The van der Waals surface area contributed by atoms with Crippen molar-refractivity contribution in [3.05, 3.63) is 0 Å². The van der Waals surface area contributed by atoms with E-state index in [0.717, 1.165) is 13.0 Å². The molecule has 1 heterocycles. The van der Waals surface area contributed by atoms with Crippen molar-refractivity contribution in [3.63, 3.8) is 0 Å². The van der Waals surface area contributed by atoms with E-state index in [-0.39, 0.29) is 0 Å². The fraction of sp³-hybridized carbons (Fsp3) is 0.625. The van der Waals surface area contributed by atoms with Gasteiger partial charge in [0.05, 0.1) is 0 Å². The molecule has 1 unspecified atom stereocenters. The Kier molecular flexibility index (Phi) is 4.47. The summed E-state index contributed by atoms with van der Waals surface area (Å²) < 4.78 is 0. The van der Waals surface area contributed by atoms with Crippen molar-refractivity contribution in [2.45, 2.75) is 30.6 Å². The Balaban J connectivity index is 2.58. The van der Waals surface area contributed by atoms with Crippen LogP contribution in [0.3, 0.4) is 0 Å². The van der Waals surface area contributed by atoms with Gasteiger partial charge in [0, 0.05) is 6.54 Å². The quantitative estimate of drug-likeness (QED) is 0.692. The van der Waals surface area contributed by atoms with Crippen LogP contribution in [0.2, 0.25) is 0 Å². The number of nitrogens with zero attached hydrogens (tertiary/aromatic N) is 3. The first-order valence-electron chi connectivity index (χ1n) is 4.49. The van der Waals surface area contributed by atoms with Gasteiger partial charge in [0.1, 0.15) is 0 Å². The second-order valence-corrected chi connectivity index (χ2v) is 3.95. The fourth-order valence-corrected chi connectivity index (χ4v) is 1.30. The second-order valence-electron chi connectivity index (χ2n) is 3.15. The lowest BCUT2D eigenvalue weighted by Gasteiger charge is -2.09. The molecule has 0 aromatic carbocycles. The second kappa shape index (κ2) is 5.41. The molecule has 0 aliphatic carbocycles. The molecular weight excluding hydrogens is 216 g/mol. The normalized spacial score (nSPS) is 12.6. The highest BCUT2D eigenvalue weighted by atomic mass is 32.1. The van der Waals surface area contributed by atoms with E-state index in [4.69, 9.17) is 0 Å². The third-order valence-corrected chi connectivity index (χ3v) is 2.32. The standard InChI is InChI=1S/C8H14N4S2/c1-3-5(2)4-9-6-10-7(13)12-8(14)11-6/h5H,3-4H2,1-2H3,(H3,9,10,11,12,13,14). The minimum absolute atomic E-state index is 0.386. The number of hydrogen-bond donors (Lipinski definition) is 3. The van der Waals surface area contributed by atoms with Gasteiger partial charge in [-0.25, -0.2) is 0 Å². The maximum absolute atomic E-state index is 4.04. The fourth-order valence-electron chi connectivity index (χ4n) is 0.843. The van der Waals surface area contributed by atoms with Crippen LogP contribution in [0.4, 0.5) is 5.95 Å². The Labute approximate surface area is 94.8 Å². The first-order chi connectivity index (χ1) is 6.61. The molecular formula is C8H14N4S2. The summed E-state index contributed by atoms with van der Waals surface area (Å²) >= 11 is 8.08. The summed E-state index contributed by atoms with van der Waals surface area (Å²) in [5, 5.41) is 3.89. The average Bonchev–Trinajstić information content (AvgIpc) is 2.12. The van der Waals surface area contributed by atoms with Crippen LogP contribution in [0, 0.1) is 5.92 Å². The summed E-state index contributed by atoms with van der Waals surface area (Å²) in [5.41, 5.74) is 0. The van der Waals surface area contributed by atoms with Crippen molar-refractivity contribution < 1.29 is 0 Å². The van der Waals surface area contributed by atoms with Crippen LogP contribution in [0.1, 0.15) is 20.3 Å². The van der Waals surface area contributed by atoms with Gasteiger partial charge in [-0.3, -0.25) is 0 Å². The highest BCUT2D eigenvalue weighted by Crippen LogP contribution is 2.08. The van der Waals surface area contributed by atoms with Crippen molar-refractivity contribution in [2.75, 3.05) is 11.9 Å². The summed E-state index contributed by atoms with van der Waals surface area (Å²) in [4.78, 5) is 11.9. The van der Waals surface area contributed by atoms with E-state index in [1.54, 1.807) is 0 Å². The van der Waals surface area contributed by atoms with Gasteiger partial charge in [0.15, 0.2) is 10.3 Å². The Morgan fingerprint density at radius 2 is 1.79 bits per heavy atom. The van der Waals surface area contributed by atoms with Crippen LogP contribution < -0.4 is 5.32 Å². The number of thiol groups is 2. The van der Waals surface area contributed by atoms with Crippen LogP contribution in [0.25, 0.3) is 0 Å². The largest absolute Gasteiger partial charge is 0.354 e. The van der Waals surface area contributed by atoms with E-state index in [0.29, 0.717) is 22.2 Å². The molecule has 0 aliphatic heterocycles. The lowest BCUT2D eigenvalue weighted by molar-refractivity contribution is 0.589. The van der Waals surface area contributed by atoms with E-state index in [2.05, 4.69) is 59.4 Å². The molecule has 6 heteroatoms. The molecule has 0 bridgehead atoms. The topological polar surface area (TPSA) is 50.7 Å². The molecule has 0 aliphatic rings. The minimum atomic E-state index is 0.386. The summed E-state index contributed by atoms with van der Waals surface area (Å²) in [6.45, 7) is 5.16. The number of nitrogens with one attached hydrogen (secondary N) is 1. The van der Waals surface area contributed by atoms with Crippen molar-refractivity contribution in [2.24, 2.45) is 5.92 Å². The molecule has 14 heavy (non-hydrogen) atoms. The SMILES string of the molecule is CCC(C)CNc1nc(S)nc(S)n1. The summed E-state index contributed by atoms with van der Waals surface area (Å²) in [6, 6.07) is 0. The van der Waals surface area contributed by atoms with Crippen LogP contribution >= 0.6 is 25.3 Å². The van der Waals surface area contributed by atoms with Gasteiger partial charge in [0.25, 0.3) is 0 Å². The lowest BCUT2D eigenvalue weighted by atomic mass is 10.1. The van der Waals surface area contributed by atoms with E-state index < -0.39 is 0 Å². The molecule has 0 saturated carbocycles. The monoisotopic (exact) mass is 230 g/mol. The maximum Gasteiger partial charge on any atom is 0.227 e. The van der Waals surface area contributed by atoms with E-state index >= 15 is 0 Å². The minimum Gasteiger partial charge on any atom is -0.354 e. The average molecular weight is 230 g/mol. The van der Waals surface area contributed by atoms with Gasteiger partial charge in [-0.1, -0.05) is 20.3 Å². The molecule has 1 N–H and O–H groups in total. The smallest absolute Gasteiger partial charge is 0.227 e. The van der Waals surface area contributed by atoms with Crippen molar-refractivity contribution in [1.82, 2.24) is 15.0 Å². The molecule has 0 amide bonds. The molecule has 0 fully saturated rings. The van der Waals surface area contributed by atoms with Crippen molar-refractivity contribution in [3.8, 4) is 0 Å². The zero-order valence-corrected chi connectivity index (χ0v) is 10.0. The van der Waals surface area contributed by atoms with Gasteiger partial charge in [0.2, 0.25) is 5.95 Å². The molecule has 0 spiro atoms. The summed E-state index contributed by atoms with van der Waals surface area (Å²) in [5.74, 6) is 1.13. The number of hydrogen-bond acceptors (Lipinski definition) is 6. The molecule has 1 rings (SSSR count). The Morgan fingerprint density at radius 1 is 1.21 bits per heavy atom. The molecule has 1 atom stereocenters. The predicted molar refractivity (Wildman–Crippen MR) is 62.3 cm³/mol. The maximum atomic E-state index is 4.04. The molecule has 0 saturated heterocycles. The van der Waals surface area contributed by atoms with E-state index in [1.807, 2.05) is 0 Å². The predicted octanol–water partition coefficient (Wildman–Crippen LogP) is 1.91. The van der Waals surface area contributed by atoms with Crippen LogP contribution in [-0.2, 0) is 0 Å². The van der Waals surface area contributed by atoms with Gasteiger partial charge in [-0.15, -0.1) is 25.3 Å². The number of rotatable bonds is 4. The molecule has 4 nitrogen and oxygen atoms in total. The zero-order chi connectivity index (χ0) is 10.6. The third-order valence-electron chi connectivity index (χ3n) is 1.92. The highest BCUT2D eigenvalue weighted by molar-refractivity contribution is 7.80. The Hall–Kier alpha value is -0.490. The molecule has 78 valence electrons. The first kappa shape index (κ1) is 11.6. The lowest BCUT2D eigenvalue weighted by Crippen LogP contribution is -2.13. The van der Waals surface area contributed by atoms with Crippen LogP contribution in [0.15, 0.2) is 10.3 Å². The van der Waals surface area contributed by atoms with Crippen LogP contribution in [-0.4, -0.2) is 21.5 Å². The van der Waals surface area contributed by atoms with Gasteiger partial charge in [-0.05, 0) is 5.92 Å². The zero-order valence-electron chi connectivity index (χ0n) is 8.23. The van der Waals surface area contributed by atoms with Crippen LogP contribution in [0.5, 0.6) is 0 Å². The first-order valence-corrected chi connectivity index (χ1v) is 5.39. The van der Waals surface area contributed by atoms with Crippen molar-refractivity contribution >= 4 is 31.2 Å². The molecule has 1 aromatic rings. The van der Waals surface area contributed by atoms with Gasteiger partial charge in [-0.2, -0.15) is 15.0 Å². The molecule has 1 aromatic heterocycles. The summed E-state index contributed by atoms with van der Waals surface area (Å²) in [6.07, 6.45) is 1.12. The van der Waals surface area contributed by atoms with Gasteiger partial charge >= 0.3 is 0 Å². The van der Waals surface area contributed by atoms with Crippen molar-refractivity contribution in [1.29, 1.82) is 0 Å². The highest BCUT2D eigenvalue weighted by Gasteiger charge is 2.03. The Morgan fingerprint density at radius 3 is 2.29 bits per heavy atom. The number of aromatic nitrogens is 3. The van der Waals surface area contributed by atoms with E-state index in [1.165, 1.54) is 0 Å². The van der Waals surface area contributed by atoms with Gasteiger partial charge < -0.3 is 5.32 Å². The third kappa shape index (κ3) is 3.71. The van der Waals surface area contributed by atoms with E-state index in [9.17, 15) is 0 Å². The molecule has 0 radical (unpaired) electrons. The Bertz CT molecular complexity index is 285. The number of anilines is 1. The summed E-state index contributed by atoms with van der Waals surface area (Å²) in [7, 11) is 0.